The van der Waals surface area contributed by atoms with E-state index in [1.165, 1.54) is 23.5 Å². The highest BCUT2D eigenvalue weighted by atomic mass is 16.3. The predicted molar refractivity (Wildman–Crippen MR) is 55.3 cm³/mol. The fraction of sp³-hybridized carbons (Fsp3) is 0.500. The molecule has 1 unspecified atom stereocenters. The zero-order valence-electron chi connectivity index (χ0n) is 8.92. The number of amides is 1. The molecule has 1 rings (SSSR count). The Morgan fingerprint density at radius 3 is 2.87 bits per heavy atom. The van der Waals surface area contributed by atoms with Crippen LogP contribution >= 0.6 is 0 Å². The highest BCUT2D eigenvalue weighted by molar-refractivity contribution is 5.91. The molecule has 1 atom stereocenters. The van der Waals surface area contributed by atoms with Crippen molar-refractivity contribution >= 4 is 5.91 Å². The number of aliphatic hydroxyl groups excluding tert-OH is 1. The molecule has 5 heteroatoms. The second kappa shape index (κ2) is 5.41. The molecule has 1 heterocycles. The summed E-state index contributed by atoms with van der Waals surface area (Å²) < 4.78 is 0. The van der Waals surface area contributed by atoms with E-state index >= 15 is 0 Å². The third-order valence-corrected chi connectivity index (χ3v) is 2.01. The molecule has 0 spiro atoms. The molecule has 1 amide bonds. The molecule has 0 aliphatic rings. The average molecular weight is 209 g/mol. The number of aromatic nitrogens is 2. The van der Waals surface area contributed by atoms with Crippen LogP contribution in [0.25, 0.3) is 0 Å². The fourth-order valence-electron chi connectivity index (χ4n) is 1.09. The first-order valence-corrected chi connectivity index (χ1v) is 4.81. The van der Waals surface area contributed by atoms with Gasteiger partial charge in [0.2, 0.25) is 0 Å². The number of aliphatic hydroxyl groups is 1. The van der Waals surface area contributed by atoms with Gasteiger partial charge in [-0.15, -0.1) is 0 Å². The number of hydrogen-bond acceptors (Lipinski definition) is 4. The molecule has 1 aromatic rings. The van der Waals surface area contributed by atoms with E-state index in [1.807, 2.05) is 0 Å². The van der Waals surface area contributed by atoms with Crippen LogP contribution < -0.4 is 0 Å². The van der Waals surface area contributed by atoms with E-state index in [-0.39, 0.29) is 5.91 Å². The molecule has 15 heavy (non-hydrogen) atoms. The Morgan fingerprint density at radius 2 is 2.33 bits per heavy atom. The van der Waals surface area contributed by atoms with Crippen molar-refractivity contribution in [1.82, 2.24) is 14.9 Å². The highest BCUT2D eigenvalue weighted by Gasteiger charge is 2.12. The van der Waals surface area contributed by atoms with Crippen LogP contribution in [0.1, 0.15) is 23.8 Å². The number of carbonyl (C=O) groups excluding carboxylic acids is 1. The van der Waals surface area contributed by atoms with E-state index in [1.54, 1.807) is 14.0 Å². The van der Waals surface area contributed by atoms with Gasteiger partial charge in [-0.3, -0.25) is 9.78 Å². The third-order valence-electron chi connectivity index (χ3n) is 2.01. The first-order chi connectivity index (χ1) is 7.11. The Kier molecular flexibility index (Phi) is 4.17. The maximum absolute atomic E-state index is 11.7. The quantitative estimate of drug-likeness (QED) is 0.775. The molecule has 0 fully saturated rings. The largest absolute Gasteiger partial charge is 0.393 e. The van der Waals surface area contributed by atoms with E-state index in [0.717, 1.165) is 0 Å². The second-order valence-corrected chi connectivity index (χ2v) is 3.46. The van der Waals surface area contributed by atoms with Gasteiger partial charge in [-0.25, -0.2) is 4.98 Å². The number of hydrogen-bond donors (Lipinski definition) is 1. The monoisotopic (exact) mass is 209 g/mol. The van der Waals surface area contributed by atoms with Gasteiger partial charge in [-0.2, -0.15) is 0 Å². The molecule has 0 aliphatic heterocycles. The Morgan fingerprint density at radius 1 is 1.60 bits per heavy atom. The lowest BCUT2D eigenvalue weighted by Gasteiger charge is -2.17. The summed E-state index contributed by atoms with van der Waals surface area (Å²) in [6.07, 6.45) is 4.59. The van der Waals surface area contributed by atoms with Crippen LogP contribution in [0.15, 0.2) is 18.6 Å². The number of rotatable bonds is 4. The van der Waals surface area contributed by atoms with E-state index < -0.39 is 6.10 Å². The summed E-state index contributed by atoms with van der Waals surface area (Å²) >= 11 is 0. The average Bonchev–Trinajstić information content (AvgIpc) is 2.26. The van der Waals surface area contributed by atoms with Gasteiger partial charge in [0.25, 0.3) is 5.91 Å². The standard InChI is InChI=1S/C10H15N3O2/c1-8(14)3-6-13(2)10(15)9-7-11-4-5-12-9/h4-5,7-8,14H,3,6H2,1-2H3. The van der Waals surface area contributed by atoms with Gasteiger partial charge in [0.15, 0.2) is 0 Å². The van der Waals surface area contributed by atoms with Crippen molar-refractivity contribution in [2.24, 2.45) is 0 Å². The van der Waals surface area contributed by atoms with Crippen molar-refractivity contribution in [3.8, 4) is 0 Å². The van der Waals surface area contributed by atoms with Crippen molar-refractivity contribution in [2.45, 2.75) is 19.4 Å². The molecule has 0 bridgehead atoms. The van der Waals surface area contributed by atoms with Crippen LogP contribution in [0, 0.1) is 0 Å². The third kappa shape index (κ3) is 3.63. The van der Waals surface area contributed by atoms with Gasteiger partial charge < -0.3 is 10.0 Å². The smallest absolute Gasteiger partial charge is 0.273 e. The summed E-state index contributed by atoms with van der Waals surface area (Å²) in [5, 5.41) is 9.09. The summed E-state index contributed by atoms with van der Waals surface area (Å²) in [5.74, 6) is -0.177. The first kappa shape index (κ1) is 11.6. The summed E-state index contributed by atoms with van der Waals surface area (Å²) in [5.41, 5.74) is 0.325. The fourth-order valence-corrected chi connectivity index (χ4v) is 1.09. The van der Waals surface area contributed by atoms with Crippen molar-refractivity contribution in [2.75, 3.05) is 13.6 Å². The lowest BCUT2D eigenvalue weighted by atomic mass is 10.2. The molecule has 5 nitrogen and oxygen atoms in total. The Bertz CT molecular complexity index is 314. The van der Waals surface area contributed by atoms with Crippen LogP contribution in [0.4, 0.5) is 0 Å². The van der Waals surface area contributed by atoms with Gasteiger partial charge in [0, 0.05) is 26.0 Å². The molecule has 0 saturated carbocycles. The van der Waals surface area contributed by atoms with Gasteiger partial charge in [-0.1, -0.05) is 0 Å². The highest BCUT2D eigenvalue weighted by Crippen LogP contribution is 2.00. The molecule has 0 aliphatic carbocycles. The van der Waals surface area contributed by atoms with Crippen molar-refractivity contribution in [1.29, 1.82) is 0 Å². The minimum atomic E-state index is -0.401. The summed E-state index contributed by atoms with van der Waals surface area (Å²) in [7, 11) is 1.68. The molecular weight excluding hydrogens is 194 g/mol. The van der Waals surface area contributed by atoms with Crippen LogP contribution in [-0.4, -0.2) is 45.6 Å². The summed E-state index contributed by atoms with van der Waals surface area (Å²) in [6, 6.07) is 0. The van der Waals surface area contributed by atoms with Gasteiger partial charge in [0.05, 0.1) is 12.3 Å². The van der Waals surface area contributed by atoms with Gasteiger partial charge in [-0.05, 0) is 13.3 Å². The topological polar surface area (TPSA) is 66.3 Å². The van der Waals surface area contributed by atoms with Gasteiger partial charge >= 0.3 is 0 Å². The number of nitrogens with zero attached hydrogens (tertiary/aromatic N) is 3. The second-order valence-electron chi connectivity index (χ2n) is 3.46. The lowest BCUT2D eigenvalue weighted by Crippen LogP contribution is -2.30. The number of carbonyl (C=O) groups is 1. The normalized spacial score (nSPS) is 12.2. The molecular formula is C10H15N3O2. The van der Waals surface area contributed by atoms with E-state index in [9.17, 15) is 4.79 Å². The lowest BCUT2D eigenvalue weighted by molar-refractivity contribution is 0.0763. The molecule has 82 valence electrons. The minimum absolute atomic E-state index is 0.177. The molecule has 1 aromatic heterocycles. The zero-order chi connectivity index (χ0) is 11.3. The van der Waals surface area contributed by atoms with Crippen LogP contribution in [0.5, 0.6) is 0 Å². The van der Waals surface area contributed by atoms with Crippen molar-refractivity contribution in [3.63, 3.8) is 0 Å². The molecule has 0 radical (unpaired) electrons. The molecule has 1 N–H and O–H groups in total. The Hall–Kier alpha value is -1.49. The van der Waals surface area contributed by atoms with E-state index in [4.69, 9.17) is 5.11 Å². The Balaban J connectivity index is 2.54. The summed E-state index contributed by atoms with van der Waals surface area (Å²) in [4.78, 5) is 21.0. The van der Waals surface area contributed by atoms with E-state index in [2.05, 4.69) is 9.97 Å². The maximum atomic E-state index is 11.7. The van der Waals surface area contributed by atoms with Crippen LogP contribution in [-0.2, 0) is 0 Å². The molecule has 0 saturated heterocycles. The summed E-state index contributed by atoms with van der Waals surface area (Å²) in [6.45, 7) is 2.20. The first-order valence-electron chi connectivity index (χ1n) is 4.81. The molecule has 0 aromatic carbocycles. The van der Waals surface area contributed by atoms with Gasteiger partial charge in [0.1, 0.15) is 5.69 Å². The minimum Gasteiger partial charge on any atom is -0.393 e. The predicted octanol–water partition coefficient (Wildman–Crippen LogP) is 0.319. The van der Waals surface area contributed by atoms with Crippen molar-refractivity contribution < 1.29 is 9.90 Å². The van der Waals surface area contributed by atoms with E-state index in [0.29, 0.717) is 18.7 Å². The Labute approximate surface area is 88.8 Å². The zero-order valence-corrected chi connectivity index (χ0v) is 8.92. The SMILES string of the molecule is CC(O)CCN(C)C(=O)c1cnccn1. The maximum Gasteiger partial charge on any atom is 0.273 e. The van der Waals surface area contributed by atoms with Crippen LogP contribution in [0.2, 0.25) is 0 Å². The van der Waals surface area contributed by atoms with Crippen molar-refractivity contribution in [3.05, 3.63) is 24.3 Å². The van der Waals surface area contributed by atoms with Crippen LogP contribution in [0.3, 0.4) is 0 Å².